The van der Waals surface area contributed by atoms with Crippen LogP contribution in [0.2, 0.25) is 0 Å². The quantitative estimate of drug-likeness (QED) is 0.354. The standard InChI is InChI=1S/C18H27F3N4O3/c1-2-22-17(24-6-3-8-27-15-5-9-26-12-15)25-11-14-4-7-23-16(10-14)28-13-18(19,20)21/h4,7,10,15H,2-3,5-6,8-9,11-13H2,1H3,(H2,22,24,25). The van der Waals surface area contributed by atoms with Gasteiger partial charge in [-0.05, 0) is 31.4 Å². The molecule has 1 fully saturated rings. The Labute approximate surface area is 162 Å². The Kier molecular flexibility index (Phi) is 9.29. The molecule has 0 radical (unpaired) electrons. The number of pyridine rings is 1. The molecule has 1 saturated heterocycles. The SMILES string of the molecule is CCNC(=NCc1ccnc(OCC(F)(F)F)c1)NCCCOC1CCOC1. The van der Waals surface area contributed by atoms with Crippen molar-refractivity contribution >= 4 is 5.96 Å². The van der Waals surface area contributed by atoms with Crippen LogP contribution in [0.4, 0.5) is 13.2 Å². The number of hydrogen-bond acceptors (Lipinski definition) is 5. The van der Waals surface area contributed by atoms with Crippen molar-refractivity contribution in [1.82, 2.24) is 15.6 Å². The van der Waals surface area contributed by atoms with Crippen molar-refractivity contribution in [2.24, 2.45) is 4.99 Å². The largest absolute Gasteiger partial charge is 0.468 e. The molecule has 2 heterocycles. The van der Waals surface area contributed by atoms with E-state index in [9.17, 15) is 13.2 Å². The molecule has 0 saturated carbocycles. The number of ether oxygens (including phenoxy) is 3. The summed E-state index contributed by atoms with van der Waals surface area (Å²) in [6.07, 6.45) is -1.03. The molecule has 1 aliphatic heterocycles. The summed E-state index contributed by atoms with van der Waals surface area (Å²) < 4.78 is 52.3. The first-order valence-corrected chi connectivity index (χ1v) is 9.32. The summed E-state index contributed by atoms with van der Waals surface area (Å²) in [5.41, 5.74) is 0.703. The average Bonchev–Trinajstić information content (AvgIpc) is 3.17. The average molecular weight is 404 g/mol. The maximum Gasteiger partial charge on any atom is 0.422 e. The number of nitrogens with zero attached hydrogens (tertiary/aromatic N) is 2. The smallest absolute Gasteiger partial charge is 0.422 e. The Morgan fingerprint density at radius 1 is 1.39 bits per heavy atom. The van der Waals surface area contributed by atoms with Crippen LogP contribution in [0.3, 0.4) is 0 Å². The van der Waals surface area contributed by atoms with Crippen molar-refractivity contribution in [3.63, 3.8) is 0 Å². The Bertz CT molecular complexity index is 608. The number of hydrogen-bond donors (Lipinski definition) is 2. The molecule has 0 aliphatic carbocycles. The van der Waals surface area contributed by atoms with E-state index >= 15 is 0 Å². The first kappa shape index (κ1) is 22.2. The van der Waals surface area contributed by atoms with Gasteiger partial charge >= 0.3 is 6.18 Å². The second-order valence-corrected chi connectivity index (χ2v) is 6.24. The number of aromatic nitrogens is 1. The van der Waals surface area contributed by atoms with Crippen LogP contribution in [0.15, 0.2) is 23.3 Å². The van der Waals surface area contributed by atoms with Crippen molar-refractivity contribution in [1.29, 1.82) is 0 Å². The second-order valence-electron chi connectivity index (χ2n) is 6.24. The molecule has 28 heavy (non-hydrogen) atoms. The molecule has 0 amide bonds. The van der Waals surface area contributed by atoms with Gasteiger partial charge < -0.3 is 24.8 Å². The molecule has 0 aromatic carbocycles. The maximum atomic E-state index is 12.2. The molecule has 158 valence electrons. The van der Waals surface area contributed by atoms with Crippen molar-refractivity contribution in [2.75, 3.05) is 39.5 Å². The zero-order valence-corrected chi connectivity index (χ0v) is 15.9. The Hall–Kier alpha value is -2.07. The third-order valence-corrected chi connectivity index (χ3v) is 3.80. The summed E-state index contributed by atoms with van der Waals surface area (Å²) in [6, 6.07) is 3.14. The lowest BCUT2D eigenvalue weighted by atomic mass is 10.3. The van der Waals surface area contributed by atoms with Crippen molar-refractivity contribution in [3.8, 4) is 5.88 Å². The van der Waals surface area contributed by atoms with Gasteiger partial charge in [0, 0.05) is 38.6 Å². The molecule has 1 atom stereocenters. The number of alkyl halides is 3. The fourth-order valence-corrected chi connectivity index (χ4v) is 2.47. The van der Waals surface area contributed by atoms with Crippen LogP contribution in [0.5, 0.6) is 5.88 Å². The summed E-state index contributed by atoms with van der Waals surface area (Å²) in [5.74, 6) is 0.553. The molecule has 0 spiro atoms. The van der Waals surface area contributed by atoms with Gasteiger partial charge in [-0.3, -0.25) is 0 Å². The molecular formula is C18H27F3N4O3. The molecule has 7 nitrogen and oxygen atoms in total. The molecule has 1 aromatic heterocycles. The molecular weight excluding hydrogens is 377 g/mol. The van der Waals surface area contributed by atoms with E-state index in [-0.39, 0.29) is 18.5 Å². The van der Waals surface area contributed by atoms with Gasteiger partial charge in [0.1, 0.15) is 0 Å². The molecule has 1 aliphatic rings. The maximum absolute atomic E-state index is 12.2. The third kappa shape index (κ3) is 9.23. The van der Waals surface area contributed by atoms with Gasteiger partial charge in [0.25, 0.3) is 0 Å². The lowest BCUT2D eigenvalue weighted by molar-refractivity contribution is -0.154. The first-order chi connectivity index (χ1) is 13.5. The van der Waals surface area contributed by atoms with Crippen LogP contribution in [-0.2, 0) is 16.0 Å². The Morgan fingerprint density at radius 3 is 2.96 bits per heavy atom. The Morgan fingerprint density at radius 2 is 2.25 bits per heavy atom. The zero-order valence-electron chi connectivity index (χ0n) is 15.9. The molecule has 2 N–H and O–H groups in total. The summed E-state index contributed by atoms with van der Waals surface area (Å²) >= 11 is 0. The minimum absolute atomic E-state index is 0.0731. The van der Waals surface area contributed by atoms with Crippen molar-refractivity contribution < 1.29 is 27.4 Å². The number of nitrogens with one attached hydrogen (secondary N) is 2. The van der Waals surface area contributed by atoms with Gasteiger partial charge in [0.15, 0.2) is 12.6 Å². The molecule has 0 bridgehead atoms. The van der Waals surface area contributed by atoms with E-state index in [1.165, 1.54) is 12.3 Å². The monoisotopic (exact) mass is 404 g/mol. The number of aliphatic imine (C=N–C) groups is 1. The highest BCUT2D eigenvalue weighted by Gasteiger charge is 2.28. The Balaban J connectivity index is 1.75. The number of halogens is 3. The van der Waals surface area contributed by atoms with E-state index in [1.54, 1.807) is 6.07 Å². The third-order valence-electron chi connectivity index (χ3n) is 3.80. The highest BCUT2D eigenvalue weighted by Crippen LogP contribution is 2.17. The van der Waals surface area contributed by atoms with E-state index in [0.717, 1.165) is 19.4 Å². The van der Waals surface area contributed by atoms with E-state index in [0.29, 0.717) is 37.8 Å². The van der Waals surface area contributed by atoms with E-state index in [4.69, 9.17) is 9.47 Å². The van der Waals surface area contributed by atoms with Crippen LogP contribution in [0.25, 0.3) is 0 Å². The minimum atomic E-state index is -4.40. The second kappa shape index (κ2) is 11.7. The van der Waals surface area contributed by atoms with Crippen LogP contribution < -0.4 is 15.4 Å². The fraction of sp³-hybridized carbons (Fsp3) is 0.667. The van der Waals surface area contributed by atoms with Crippen molar-refractivity contribution in [3.05, 3.63) is 23.9 Å². The lowest BCUT2D eigenvalue weighted by Crippen LogP contribution is -2.38. The molecule has 1 aromatic rings. The number of guanidine groups is 1. The van der Waals surface area contributed by atoms with Gasteiger partial charge in [-0.1, -0.05) is 0 Å². The van der Waals surface area contributed by atoms with E-state index in [2.05, 4.69) is 25.3 Å². The number of rotatable bonds is 10. The molecule has 10 heteroatoms. The minimum Gasteiger partial charge on any atom is -0.468 e. The van der Waals surface area contributed by atoms with Gasteiger partial charge in [0.05, 0.1) is 19.3 Å². The van der Waals surface area contributed by atoms with Crippen LogP contribution >= 0.6 is 0 Å². The molecule has 2 rings (SSSR count). The highest BCUT2D eigenvalue weighted by molar-refractivity contribution is 5.79. The van der Waals surface area contributed by atoms with E-state index in [1.807, 2.05) is 6.92 Å². The lowest BCUT2D eigenvalue weighted by Gasteiger charge is -2.13. The predicted molar refractivity (Wildman–Crippen MR) is 98.4 cm³/mol. The van der Waals surface area contributed by atoms with Crippen molar-refractivity contribution in [2.45, 2.75) is 38.6 Å². The topological polar surface area (TPSA) is 77.0 Å². The summed E-state index contributed by atoms with van der Waals surface area (Å²) in [6.45, 7) is 4.33. The normalized spacial score (nSPS) is 17.6. The zero-order chi connectivity index (χ0) is 20.2. The summed E-state index contributed by atoms with van der Waals surface area (Å²) in [4.78, 5) is 8.22. The van der Waals surface area contributed by atoms with Crippen LogP contribution in [0, 0.1) is 0 Å². The van der Waals surface area contributed by atoms with E-state index < -0.39 is 12.8 Å². The van der Waals surface area contributed by atoms with Gasteiger partial charge in [0.2, 0.25) is 5.88 Å². The van der Waals surface area contributed by atoms with Gasteiger partial charge in [-0.15, -0.1) is 0 Å². The van der Waals surface area contributed by atoms with Crippen LogP contribution in [-0.4, -0.2) is 62.7 Å². The fourth-order valence-electron chi connectivity index (χ4n) is 2.47. The predicted octanol–water partition coefficient (Wildman–Crippen LogP) is 2.27. The van der Waals surface area contributed by atoms with Gasteiger partial charge in [-0.25, -0.2) is 9.98 Å². The molecule has 1 unspecified atom stereocenters. The summed E-state index contributed by atoms with van der Waals surface area (Å²) in [5, 5.41) is 6.33. The first-order valence-electron chi connectivity index (χ1n) is 9.32. The van der Waals surface area contributed by atoms with Gasteiger partial charge in [-0.2, -0.15) is 13.2 Å². The highest BCUT2D eigenvalue weighted by atomic mass is 19.4. The van der Waals surface area contributed by atoms with Crippen LogP contribution in [0.1, 0.15) is 25.3 Å². The summed E-state index contributed by atoms with van der Waals surface area (Å²) in [7, 11) is 0.